The van der Waals surface area contributed by atoms with E-state index in [1.165, 1.54) is 11.8 Å². The molecule has 2 heterocycles. The number of benzene rings is 1. The zero-order valence-electron chi connectivity index (χ0n) is 11.7. The van der Waals surface area contributed by atoms with E-state index in [1.54, 1.807) is 18.2 Å². The summed E-state index contributed by atoms with van der Waals surface area (Å²) in [5.74, 6) is 0.903. The van der Waals surface area contributed by atoms with Crippen LogP contribution in [-0.2, 0) is 10.5 Å². The molecule has 0 saturated carbocycles. The first kappa shape index (κ1) is 15.8. The van der Waals surface area contributed by atoms with Crippen LogP contribution in [0.4, 0.5) is 0 Å². The summed E-state index contributed by atoms with van der Waals surface area (Å²) < 4.78 is 11.8. The van der Waals surface area contributed by atoms with Gasteiger partial charge in [-0.25, -0.2) is 0 Å². The average Bonchev–Trinajstić information content (AvgIpc) is 2.57. The summed E-state index contributed by atoms with van der Waals surface area (Å²) in [6.07, 6.45) is 0. The Hall–Kier alpha value is -1.08. The van der Waals surface area contributed by atoms with Crippen molar-refractivity contribution in [2.45, 2.75) is 5.75 Å². The lowest BCUT2D eigenvalue weighted by atomic mass is 10.2. The van der Waals surface area contributed by atoms with Crippen LogP contribution in [0.1, 0.15) is 5.76 Å². The van der Waals surface area contributed by atoms with E-state index in [0.29, 0.717) is 35.7 Å². The van der Waals surface area contributed by atoms with Crippen molar-refractivity contribution in [3.05, 3.63) is 45.3 Å². The van der Waals surface area contributed by atoms with E-state index in [2.05, 4.69) is 4.90 Å². The molecule has 2 aromatic rings. The average molecular weight is 356 g/mol. The Balaban J connectivity index is 1.77. The van der Waals surface area contributed by atoms with Gasteiger partial charge in [-0.05, 0) is 12.1 Å². The molecule has 0 aliphatic carbocycles. The second kappa shape index (κ2) is 7.00. The molecule has 1 saturated heterocycles. The molecular weight excluding hydrogens is 342 g/mol. The Morgan fingerprint density at radius 3 is 2.82 bits per heavy atom. The summed E-state index contributed by atoms with van der Waals surface area (Å²) in [6.45, 7) is 2.96. The van der Waals surface area contributed by atoms with Gasteiger partial charge in [0, 0.05) is 13.1 Å². The number of rotatable bonds is 2. The molecule has 1 fully saturated rings. The lowest BCUT2D eigenvalue weighted by molar-refractivity contribution is 0.0702. The van der Waals surface area contributed by atoms with E-state index < -0.39 is 0 Å². The Labute approximate surface area is 142 Å². The number of nitrogens with zero attached hydrogens (tertiary/aromatic N) is 1. The number of thiocarbonyl (C=S) groups is 1. The SMILES string of the molecule is O=c1c(Cl)c(CSC(=S)N2CCOCC2)oc2ccccc12. The molecule has 0 spiro atoms. The van der Waals surface area contributed by atoms with Gasteiger partial charge in [0.15, 0.2) is 0 Å². The van der Waals surface area contributed by atoms with Gasteiger partial charge in [-0.15, -0.1) is 0 Å². The van der Waals surface area contributed by atoms with Crippen molar-refractivity contribution in [1.29, 1.82) is 0 Å². The predicted octanol–water partition coefficient (Wildman–Crippen LogP) is 3.30. The number of morpholine rings is 1. The lowest BCUT2D eigenvalue weighted by Gasteiger charge is -2.28. The predicted molar refractivity (Wildman–Crippen MR) is 93.8 cm³/mol. The molecule has 22 heavy (non-hydrogen) atoms. The molecule has 1 aromatic carbocycles. The van der Waals surface area contributed by atoms with Crippen LogP contribution in [0.15, 0.2) is 33.5 Å². The quantitative estimate of drug-likeness (QED) is 0.770. The Morgan fingerprint density at radius 2 is 2.05 bits per heavy atom. The molecule has 1 aromatic heterocycles. The van der Waals surface area contributed by atoms with Gasteiger partial charge < -0.3 is 14.1 Å². The third-order valence-corrected chi connectivity index (χ3v) is 5.31. The summed E-state index contributed by atoms with van der Waals surface area (Å²) in [6, 6.07) is 7.09. The Bertz CT molecular complexity index is 756. The van der Waals surface area contributed by atoms with Gasteiger partial charge in [0.25, 0.3) is 0 Å². The van der Waals surface area contributed by atoms with Crippen LogP contribution >= 0.6 is 35.6 Å². The highest BCUT2D eigenvalue weighted by atomic mass is 35.5. The fourth-order valence-electron chi connectivity index (χ4n) is 2.22. The minimum absolute atomic E-state index is 0.135. The van der Waals surface area contributed by atoms with Crippen molar-refractivity contribution in [2.75, 3.05) is 26.3 Å². The lowest BCUT2D eigenvalue weighted by Crippen LogP contribution is -2.38. The van der Waals surface area contributed by atoms with Gasteiger partial charge >= 0.3 is 0 Å². The van der Waals surface area contributed by atoms with Crippen LogP contribution in [0.3, 0.4) is 0 Å². The second-order valence-electron chi connectivity index (χ2n) is 4.82. The van der Waals surface area contributed by atoms with Gasteiger partial charge in [0.1, 0.15) is 20.7 Å². The molecule has 4 nitrogen and oxygen atoms in total. The summed E-state index contributed by atoms with van der Waals surface area (Å²) in [4.78, 5) is 14.3. The molecule has 7 heteroatoms. The molecule has 0 amide bonds. The van der Waals surface area contributed by atoms with E-state index in [-0.39, 0.29) is 10.5 Å². The van der Waals surface area contributed by atoms with E-state index in [0.717, 1.165) is 17.4 Å². The number of ether oxygens (including phenoxy) is 1. The van der Waals surface area contributed by atoms with Crippen molar-refractivity contribution in [1.82, 2.24) is 4.90 Å². The van der Waals surface area contributed by atoms with Gasteiger partial charge in [0.2, 0.25) is 5.43 Å². The van der Waals surface area contributed by atoms with Gasteiger partial charge in [-0.3, -0.25) is 4.79 Å². The summed E-state index contributed by atoms with van der Waals surface area (Å²) in [7, 11) is 0. The molecule has 0 N–H and O–H groups in total. The van der Waals surface area contributed by atoms with Gasteiger partial charge in [-0.1, -0.05) is 47.7 Å². The zero-order valence-corrected chi connectivity index (χ0v) is 14.1. The van der Waals surface area contributed by atoms with Crippen molar-refractivity contribution in [3.63, 3.8) is 0 Å². The standard InChI is InChI=1S/C15H14ClNO3S2/c16-13-12(9-22-15(21)17-5-7-19-8-6-17)20-11-4-2-1-3-10(11)14(13)18/h1-4H,5-9H2. The Morgan fingerprint density at radius 1 is 1.32 bits per heavy atom. The maximum absolute atomic E-state index is 12.2. The first-order valence-corrected chi connectivity index (χ1v) is 8.63. The molecule has 0 radical (unpaired) electrons. The fraction of sp³-hybridized carbons (Fsp3) is 0.333. The number of hydrogen-bond donors (Lipinski definition) is 0. The van der Waals surface area contributed by atoms with Crippen LogP contribution in [-0.4, -0.2) is 35.5 Å². The summed E-state index contributed by atoms with van der Waals surface area (Å²) >= 11 is 13.0. The van der Waals surface area contributed by atoms with E-state index in [9.17, 15) is 4.79 Å². The molecule has 0 atom stereocenters. The molecule has 1 aliphatic rings. The zero-order chi connectivity index (χ0) is 15.5. The van der Waals surface area contributed by atoms with Crippen LogP contribution in [0.5, 0.6) is 0 Å². The van der Waals surface area contributed by atoms with Gasteiger partial charge in [-0.2, -0.15) is 0 Å². The highest BCUT2D eigenvalue weighted by molar-refractivity contribution is 8.22. The highest BCUT2D eigenvalue weighted by Gasteiger charge is 2.17. The van der Waals surface area contributed by atoms with Crippen LogP contribution in [0.2, 0.25) is 5.02 Å². The largest absolute Gasteiger partial charge is 0.458 e. The normalized spacial score (nSPS) is 15.2. The van der Waals surface area contributed by atoms with E-state index in [1.807, 2.05) is 6.07 Å². The first-order chi connectivity index (χ1) is 10.7. The minimum atomic E-state index is -0.198. The van der Waals surface area contributed by atoms with Crippen molar-refractivity contribution in [2.24, 2.45) is 0 Å². The maximum Gasteiger partial charge on any atom is 0.211 e. The van der Waals surface area contributed by atoms with Gasteiger partial charge in [0.05, 0.1) is 24.4 Å². The van der Waals surface area contributed by atoms with Crippen LogP contribution in [0.25, 0.3) is 11.0 Å². The van der Waals surface area contributed by atoms with Crippen LogP contribution in [0, 0.1) is 0 Å². The number of fused-ring (bicyclic) bond motifs is 1. The fourth-order valence-corrected chi connectivity index (χ4v) is 3.69. The number of hydrogen-bond acceptors (Lipinski definition) is 5. The molecule has 3 rings (SSSR count). The molecule has 1 aliphatic heterocycles. The number of para-hydroxylation sites is 1. The highest BCUT2D eigenvalue weighted by Crippen LogP contribution is 2.24. The smallest absolute Gasteiger partial charge is 0.211 e. The number of halogens is 1. The van der Waals surface area contributed by atoms with Crippen LogP contribution < -0.4 is 5.43 Å². The minimum Gasteiger partial charge on any atom is -0.458 e. The number of thioether (sulfide) groups is 1. The van der Waals surface area contributed by atoms with E-state index in [4.69, 9.17) is 33.0 Å². The summed E-state index contributed by atoms with van der Waals surface area (Å²) in [5.41, 5.74) is 0.348. The topological polar surface area (TPSA) is 42.7 Å². The van der Waals surface area contributed by atoms with E-state index >= 15 is 0 Å². The molecule has 0 bridgehead atoms. The molecular formula is C15H14ClNO3S2. The second-order valence-corrected chi connectivity index (χ2v) is 6.81. The molecule has 116 valence electrons. The first-order valence-electron chi connectivity index (χ1n) is 6.86. The monoisotopic (exact) mass is 355 g/mol. The summed E-state index contributed by atoms with van der Waals surface area (Å²) in [5, 5.41) is 0.632. The third-order valence-electron chi connectivity index (χ3n) is 3.41. The van der Waals surface area contributed by atoms with Crippen molar-refractivity contribution < 1.29 is 9.15 Å². The third kappa shape index (κ3) is 3.30. The molecule has 0 unspecified atom stereocenters. The van der Waals surface area contributed by atoms with Crippen molar-refractivity contribution in [3.8, 4) is 0 Å². The maximum atomic E-state index is 12.2. The van der Waals surface area contributed by atoms with Crippen molar-refractivity contribution >= 4 is 50.9 Å². The Kier molecular flexibility index (Phi) is 5.03.